The number of aromatic nitrogens is 1. The molecule has 132 valence electrons. The molecule has 0 atom stereocenters. The molecule has 1 saturated heterocycles. The highest BCUT2D eigenvalue weighted by atomic mass is 16.5. The second-order valence-electron chi connectivity index (χ2n) is 6.66. The summed E-state index contributed by atoms with van der Waals surface area (Å²) < 4.78 is 11.2. The van der Waals surface area contributed by atoms with Crippen molar-refractivity contribution in [1.82, 2.24) is 10.1 Å². The van der Waals surface area contributed by atoms with E-state index in [9.17, 15) is 4.79 Å². The fourth-order valence-corrected chi connectivity index (χ4v) is 3.33. The number of anilines is 1. The monoisotopic (exact) mass is 341 g/mol. The molecule has 2 aromatic rings. The first-order chi connectivity index (χ1) is 12.2. The third-order valence-corrected chi connectivity index (χ3v) is 4.83. The summed E-state index contributed by atoms with van der Waals surface area (Å²) in [4.78, 5) is 16.2. The van der Waals surface area contributed by atoms with Crippen molar-refractivity contribution in [2.75, 3.05) is 31.2 Å². The van der Waals surface area contributed by atoms with E-state index in [-0.39, 0.29) is 5.91 Å². The van der Waals surface area contributed by atoms with Crippen molar-refractivity contribution in [3.63, 3.8) is 0 Å². The zero-order valence-electron chi connectivity index (χ0n) is 14.5. The van der Waals surface area contributed by atoms with E-state index in [0.717, 1.165) is 48.6 Å². The van der Waals surface area contributed by atoms with Crippen LogP contribution in [-0.4, -0.2) is 48.3 Å². The molecule has 0 spiro atoms. The molecular formula is C19H23N3O3. The lowest BCUT2D eigenvalue weighted by atomic mass is 10.1. The second kappa shape index (κ2) is 6.88. The van der Waals surface area contributed by atoms with Crippen LogP contribution in [0.1, 0.15) is 25.3 Å². The average molecular weight is 341 g/mol. The summed E-state index contributed by atoms with van der Waals surface area (Å²) in [5.41, 5.74) is 2.84. The van der Waals surface area contributed by atoms with E-state index in [1.54, 1.807) is 6.92 Å². The van der Waals surface area contributed by atoms with Gasteiger partial charge in [0.25, 0.3) is 0 Å². The minimum absolute atomic E-state index is 0.107. The summed E-state index contributed by atoms with van der Waals surface area (Å²) in [6.45, 7) is 5.10. The Kier molecular flexibility index (Phi) is 4.44. The van der Waals surface area contributed by atoms with E-state index in [4.69, 9.17) is 9.26 Å². The molecule has 0 bridgehead atoms. The lowest BCUT2D eigenvalue weighted by Crippen LogP contribution is -2.37. The van der Waals surface area contributed by atoms with Crippen molar-refractivity contribution < 1.29 is 14.1 Å². The number of nitrogens with zero attached hydrogens (tertiary/aromatic N) is 3. The standard InChI is InChI=1S/C19H23N3O3/c1-14(23)22(16-7-8-16)13-17-18(15-5-3-2-4-6-15)20-25-19(17)21-9-11-24-12-10-21/h2-6,16H,7-13H2,1H3. The molecule has 4 rings (SSSR count). The van der Waals surface area contributed by atoms with Crippen LogP contribution in [-0.2, 0) is 16.1 Å². The molecule has 1 saturated carbocycles. The molecule has 0 N–H and O–H groups in total. The normalized spacial score (nSPS) is 17.6. The molecule has 1 aliphatic carbocycles. The SMILES string of the molecule is CC(=O)N(Cc1c(-c2ccccc2)noc1N1CCOCC1)C1CC1. The fourth-order valence-electron chi connectivity index (χ4n) is 3.33. The summed E-state index contributed by atoms with van der Waals surface area (Å²) in [6, 6.07) is 10.4. The van der Waals surface area contributed by atoms with Gasteiger partial charge in [-0.2, -0.15) is 0 Å². The van der Waals surface area contributed by atoms with Crippen molar-refractivity contribution >= 4 is 11.8 Å². The second-order valence-corrected chi connectivity index (χ2v) is 6.66. The third kappa shape index (κ3) is 3.39. The quantitative estimate of drug-likeness (QED) is 0.837. The van der Waals surface area contributed by atoms with Crippen LogP contribution in [0.4, 0.5) is 5.88 Å². The Hall–Kier alpha value is -2.34. The van der Waals surface area contributed by atoms with Crippen LogP contribution in [0, 0.1) is 0 Å². The Morgan fingerprint density at radius 2 is 1.96 bits per heavy atom. The Bertz CT molecular complexity index is 734. The van der Waals surface area contributed by atoms with Gasteiger partial charge in [0.15, 0.2) is 0 Å². The van der Waals surface area contributed by atoms with Gasteiger partial charge >= 0.3 is 0 Å². The Morgan fingerprint density at radius 3 is 2.60 bits per heavy atom. The number of hydrogen-bond donors (Lipinski definition) is 0. The maximum atomic E-state index is 12.1. The number of rotatable bonds is 5. The van der Waals surface area contributed by atoms with E-state index in [1.165, 1.54) is 0 Å². The van der Waals surface area contributed by atoms with Crippen LogP contribution < -0.4 is 4.90 Å². The number of carbonyl (C=O) groups excluding carboxylic acids is 1. The Balaban J connectivity index is 1.71. The number of carbonyl (C=O) groups is 1. The van der Waals surface area contributed by atoms with Crippen LogP contribution >= 0.6 is 0 Å². The molecule has 1 amide bonds. The first kappa shape index (κ1) is 16.1. The van der Waals surface area contributed by atoms with E-state index in [1.807, 2.05) is 35.2 Å². The van der Waals surface area contributed by atoms with Gasteiger partial charge in [-0.3, -0.25) is 4.79 Å². The molecule has 1 aliphatic heterocycles. The number of ether oxygens (including phenoxy) is 1. The summed E-state index contributed by atoms with van der Waals surface area (Å²) in [5.74, 6) is 0.879. The van der Waals surface area contributed by atoms with Gasteiger partial charge in [-0.05, 0) is 12.8 Å². The van der Waals surface area contributed by atoms with E-state index in [0.29, 0.717) is 25.8 Å². The first-order valence-electron chi connectivity index (χ1n) is 8.88. The average Bonchev–Trinajstić information content (AvgIpc) is 3.40. The van der Waals surface area contributed by atoms with Gasteiger partial charge in [-0.1, -0.05) is 35.5 Å². The summed E-state index contributed by atoms with van der Waals surface area (Å²) >= 11 is 0. The lowest BCUT2D eigenvalue weighted by molar-refractivity contribution is -0.130. The van der Waals surface area contributed by atoms with Gasteiger partial charge in [-0.25, -0.2) is 0 Å². The van der Waals surface area contributed by atoms with Crippen LogP contribution in [0.25, 0.3) is 11.3 Å². The molecule has 1 aromatic heterocycles. The maximum Gasteiger partial charge on any atom is 0.233 e. The Labute approximate surface area is 147 Å². The molecule has 6 heteroatoms. The number of hydrogen-bond acceptors (Lipinski definition) is 5. The zero-order chi connectivity index (χ0) is 17.2. The molecule has 0 radical (unpaired) electrons. The number of amides is 1. The van der Waals surface area contributed by atoms with Crippen LogP contribution in [0.15, 0.2) is 34.9 Å². The molecule has 2 aliphatic rings. The third-order valence-electron chi connectivity index (χ3n) is 4.83. The van der Waals surface area contributed by atoms with Crippen molar-refractivity contribution in [2.24, 2.45) is 0 Å². The molecule has 0 unspecified atom stereocenters. The van der Waals surface area contributed by atoms with Gasteiger partial charge in [0, 0.05) is 31.6 Å². The van der Waals surface area contributed by atoms with E-state index >= 15 is 0 Å². The van der Waals surface area contributed by atoms with Crippen LogP contribution in [0.2, 0.25) is 0 Å². The maximum absolute atomic E-state index is 12.1. The molecule has 6 nitrogen and oxygen atoms in total. The molecule has 2 heterocycles. The fraction of sp³-hybridized carbons (Fsp3) is 0.474. The largest absolute Gasteiger partial charge is 0.378 e. The zero-order valence-corrected chi connectivity index (χ0v) is 14.5. The predicted molar refractivity (Wildman–Crippen MR) is 94.2 cm³/mol. The topological polar surface area (TPSA) is 58.8 Å². The molecule has 2 fully saturated rings. The van der Waals surface area contributed by atoms with Gasteiger partial charge in [0.2, 0.25) is 11.8 Å². The van der Waals surface area contributed by atoms with Crippen molar-refractivity contribution in [2.45, 2.75) is 32.4 Å². The number of morpholine rings is 1. The van der Waals surface area contributed by atoms with Gasteiger partial charge < -0.3 is 19.1 Å². The lowest BCUT2D eigenvalue weighted by Gasteiger charge is -2.28. The highest BCUT2D eigenvalue weighted by Gasteiger charge is 2.34. The van der Waals surface area contributed by atoms with E-state index < -0.39 is 0 Å². The van der Waals surface area contributed by atoms with Crippen LogP contribution in [0.3, 0.4) is 0 Å². The van der Waals surface area contributed by atoms with Gasteiger partial charge in [0.1, 0.15) is 5.69 Å². The predicted octanol–water partition coefficient (Wildman–Crippen LogP) is 2.69. The van der Waals surface area contributed by atoms with Crippen molar-refractivity contribution in [3.8, 4) is 11.3 Å². The Morgan fingerprint density at radius 1 is 1.24 bits per heavy atom. The summed E-state index contributed by atoms with van der Waals surface area (Å²) in [6.07, 6.45) is 2.16. The minimum Gasteiger partial charge on any atom is -0.378 e. The summed E-state index contributed by atoms with van der Waals surface area (Å²) in [7, 11) is 0. The van der Waals surface area contributed by atoms with E-state index in [2.05, 4.69) is 10.1 Å². The molecular weight excluding hydrogens is 318 g/mol. The van der Waals surface area contributed by atoms with Gasteiger partial charge in [-0.15, -0.1) is 0 Å². The first-order valence-corrected chi connectivity index (χ1v) is 8.88. The number of benzene rings is 1. The minimum atomic E-state index is 0.107. The van der Waals surface area contributed by atoms with Crippen molar-refractivity contribution in [3.05, 3.63) is 35.9 Å². The van der Waals surface area contributed by atoms with Gasteiger partial charge in [0.05, 0.1) is 25.3 Å². The molecule has 25 heavy (non-hydrogen) atoms. The smallest absolute Gasteiger partial charge is 0.233 e. The highest BCUT2D eigenvalue weighted by Crippen LogP contribution is 2.36. The van der Waals surface area contributed by atoms with Crippen molar-refractivity contribution in [1.29, 1.82) is 0 Å². The highest BCUT2D eigenvalue weighted by molar-refractivity contribution is 5.75. The molecule has 1 aromatic carbocycles. The van der Waals surface area contributed by atoms with Crippen LogP contribution in [0.5, 0.6) is 0 Å². The summed E-state index contributed by atoms with van der Waals surface area (Å²) in [5, 5.41) is 4.36.